The van der Waals surface area contributed by atoms with Gasteiger partial charge < -0.3 is 5.11 Å². The molecule has 0 aromatic heterocycles. The van der Waals surface area contributed by atoms with Gasteiger partial charge in [0.15, 0.2) is 0 Å². The molecule has 0 aliphatic carbocycles. The number of nitrogens with zero attached hydrogens (tertiary/aromatic N) is 1. The maximum absolute atomic E-state index is 10.7. The van der Waals surface area contributed by atoms with Gasteiger partial charge in [-0.3, -0.25) is 10.1 Å². The summed E-state index contributed by atoms with van der Waals surface area (Å²) in [6.07, 6.45) is 0. The molecular formula is C9H10ClNO3. The highest BCUT2D eigenvalue weighted by atomic mass is 35.5. The highest BCUT2D eigenvalue weighted by molar-refractivity contribution is 6.32. The maximum Gasteiger partial charge on any atom is 0.293 e. The van der Waals surface area contributed by atoms with Gasteiger partial charge in [0.2, 0.25) is 0 Å². The smallest absolute Gasteiger partial charge is 0.293 e. The van der Waals surface area contributed by atoms with E-state index in [-0.39, 0.29) is 16.3 Å². The van der Waals surface area contributed by atoms with Gasteiger partial charge in [-0.2, -0.15) is 0 Å². The minimum absolute atomic E-state index is 0.0367. The van der Waals surface area contributed by atoms with Crippen molar-refractivity contribution in [3.63, 3.8) is 0 Å². The zero-order chi connectivity index (χ0) is 10.9. The van der Waals surface area contributed by atoms with Crippen LogP contribution in [0, 0.1) is 10.1 Å². The monoisotopic (exact) mass is 215 g/mol. The van der Waals surface area contributed by atoms with Crippen LogP contribution in [0.2, 0.25) is 5.02 Å². The fraction of sp³-hybridized carbons (Fsp3) is 0.333. The number of aliphatic hydroxyl groups is 1. The number of hydrogen-bond acceptors (Lipinski definition) is 3. The normalized spacial score (nSPS) is 11.4. The summed E-state index contributed by atoms with van der Waals surface area (Å²) < 4.78 is 0. The summed E-state index contributed by atoms with van der Waals surface area (Å²) in [5, 5.41) is 20.4. The molecular weight excluding hydrogens is 206 g/mol. The lowest BCUT2D eigenvalue weighted by molar-refractivity contribution is -0.386. The summed E-state index contributed by atoms with van der Waals surface area (Å²) in [4.78, 5) is 10.1. The Balaban J connectivity index is 3.44. The van der Waals surface area contributed by atoms with Gasteiger partial charge in [-0.1, -0.05) is 17.7 Å². The van der Waals surface area contributed by atoms with Crippen molar-refractivity contribution in [2.75, 3.05) is 0 Å². The van der Waals surface area contributed by atoms with Crippen molar-refractivity contribution >= 4 is 17.3 Å². The number of nitro groups is 1. The Bertz CT molecular complexity index is 371. The summed E-state index contributed by atoms with van der Waals surface area (Å²) in [7, 11) is 0. The van der Waals surface area contributed by atoms with Crippen molar-refractivity contribution in [3.05, 3.63) is 38.9 Å². The van der Waals surface area contributed by atoms with Crippen molar-refractivity contribution in [2.24, 2.45) is 0 Å². The summed E-state index contributed by atoms with van der Waals surface area (Å²) in [5.74, 6) is 0. The van der Waals surface area contributed by atoms with Gasteiger partial charge in [-0.15, -0.1) is 0 Å². The van der Waals surface area contributed by atoms with E-state index in [9.17, 15) is 15.2 Å². The minimum Gasteiger partial charge on any atom is -0.385 e. The zero-order valence-electron chi connectivity index (χ0n) is 7.82. The van der Waals surface area contributed by atoms with E-state index < -0.39 is 10.5 Å². The number of para-hydroxylation sites is 1. The molecule has 0 saturated carbocycles. The maximum atomic E-state index is 10.7. The molecule has 0 bridgehead atoms. The van der Waals surface area contributed by atoms with Crippen LogP contribution in [0.25, 0.3) is 0 Å². The molecule has 0 fully saturated rings. The first-order chi connectivity index (χ1) is 6.34. The van der Waals surface area contributed by atoms with Crippen molar-refractivity contribution in [3.8, 4) is 0 Å². The summed E-state index contributed by atoms with van der Waals surface area (Å²) in [5.41, 5.74) is -1.29. The second-order valence-electron chi connectivity index (χ2n) is 3.45. The standard InChI is InChI=1S/C9H10ClNO3/c1-9(2,12)6-4-3-5-7(10)8(6)11(13)14/h3-5,12H,1-2H3. The fourth-order valence-electron chi connectivity index (χ4n) is 1.19. The van der Waals surface area contributed by atoms with Crippen LogP contribution in [0.15, 0.2) is 18.2 Å². The van der Waals surface area contributed by atoms with Crippen LogP contribution in [-0.4, -0.2) is 10.0 Å². The van der Waals surface area contributed by atoms with Crippen LogP contribution in [0.5, 0.6) is 0 Å². The minimum atomic E-state index is -1.27. The average Bonchev–Trinajstić information content (AvgIpc) is 2.01. The molecule has 0 unspecified atom stereocenters. The van der Waals surface area contributed by atoms with Crippen LogP contribution in [0.1, 0.15) is 19.4 Å². The van der Waals surface area contributed by atoms with Crippen LogP contribution < -0.4 is 0 Å². The molecule has 0 amide bonds. The molecule has 0 spiro atoms. The second-order valence-corrected chi connectivity index (χ2v) is 3.86. The lowest BCUT2D eigenvalue weighted by atomic mass is 9.97. The zero-order valence-corrected chi connectivity index (χ0v) is 8.58. The molecule has 14 heavy (non-hydrogen) atoms. The van der Waals surface area contributed by atoms with E-state index in [1.165, 1.54) is 26.0 Å². The third-order valence-corrected chi connectivity index (χ3v) is 2.13. The molecule has 1 N–H and O–H groups in total. The third kappa shape index (κ3) is 2.02. The average molecular weight is 216 g/mol. The van der Waals surface area contributed by atoms with E-state index in [1.54, 1.807) is 6.07 Å². The lowest BCUT2D eigenvalue weighted by Gasteiger charge is -2.17. The summed E-state index contributed by atoms with van der Waals surface area (Å²) in [6, 6.07) is 4.49. The number of benzene rings is 1. The van der Waals surface area contributed by atoms with Crippen LogP contribution in [0.4, 0.5) is 5.69 Å². The second kappa shape index (κ2) is 3.55. The van der Waals surface area contributed by atoms with Gasteiger partial charge in [0, 0.05) is 0 Å². The summed E-state index contributed by atoms with van der Waals surface area (Å²) >= 11 is 5.68. The van der Waals surface area contributed by atoms with Crippen molar-refractivity contribution in [1.29, 1.82) is 0 Å². The molecule has 76 valence electrons. The molecule has 0 aliphatic rings. The predicted molar refractivity (Wildman–Crippen MR) is 53.4 cm³/mol. The molecule has 0 aliphatic heterocycles. The van der Waals surface area contributed by atoms with Gasteiger partial charge in [0.05, 0.1) is 16.1 Å². The Kier molecular flexibility index (Phi) is 2.78. The van der Waals surface area contributed by atoms with Gasteiger partial charge in [-0.25, -0.2) is 0 Å². The predicted octanol–water partition coefficient (Wildman–Crippen LogP) is 2.48. The molecule has 5 heteroatoms. The lowest BCUT2D eigenvalue weighted by Crippen LogP contribution is -2.17. The molecule has 1 aromatic carbocycles. The number of nitro benzene ring substituents is 1. The Morgan fingerprint density at radius 3 is 2.43 bits per heavy atom. The molecule has 0 saturated heterocycles. The Morgan fingerprint density at radius 1 is 1.50 bits per heavy atom. The Labute approximate surface area is 86.3 Å². The molecule has 1 rings (SSSR count). The van der Waals surface area contributed by atoms with Gasteiger partial charge in [0.25, 0.3) is 5.69 Å². The Morgan fingerprint density at radius 2 is 2.07 bits per heavy atom. The topological polar surface area (TPSA) is 63.4 Å². The number of halogens is 1. The number of hydrogen-bond donors (Lipinski definition) is 1. The van der Waals surface area contributed by atoms with Gasteiger partial charge in [0.1, 0.15) is 5.02 Å². The SMILES string of the molecule is CC(C)(O)c1cccc(Cl)c1[N+](=O)[O-]. The highest BCUT2D eigenvalue weighted by Crippen LogP contribution is 2.34. The van der Waals surface area contributed by atoms with E-state index in [1.807, 2.05) is 0 Å². The molecule has 0 radical (unpaired) electrons. The molecule has 0 heterocycles. The van der Waals surface area contributed by atoms with Crippen LogP contribution in [-0.2, 0) is 5.60 Å². The van der Waals surface area contributed by atoms with Crippen molar-refractivity contribution in [2.45, 2.75) is 19.4 Å². The first-order valence-electron chi connectivity index (χ1n) is 4.00. The van der Waals surface area contributed by atoms with E-state index in [2.05, 4.69) is 0 Å². The highest BCUT2D eigenvalue weighted by Gasteiger charge is 2.28. The number of rotatable bonds is 2. The van der Waals surface area contributed by atoms with Crippen molar-refractivity contribution < 1.29 is 10.0 Å². The molecule has 1 aromatic rings. The largest absolute Gasteiger partial charge is 0.385 e. The first kappa shape index (κ1) is 10.9. The summed E-state index contributed by atoms with van der Waals surface area (Å²) in [6.45, 7) is 2.96. The van der Waals surface area contributed by atoms with Gasteiger partial charge in [-0.05, 0) is 26.0 Å². The molecule has 0 atom stereocenters. The Hall–Kier alpha value is -1.13. The van der Waals surface area contributed by atoms with Crippen molar-refractivity contribution in [1.82, 2.24) is 0 Å². The fourth-order valence-corrected chi connectivity index (χ4v) is 1.44. The van der Waals surface area contributed by atoms with Crippen LogP contribution in [0.3, 0.4) is 0 Å². The van der Waals surface area contributed by atoms with E-state index in [0.717, 1.165) is 0 Å². The van der Waals surface area contributed by atoms with Gasteiger partial charge >= 0.3 is 0 Å². The van der Waals surface area contributed by atoms with E-state index in [4.69, 9.17) is 11.6 Å². The van der Waals surface area contributed by atoms with E-state index in [0.29, 0.717) is 0 Å². The molecule has 4 nitrogen and oxygen atoms in total. The quantitative estimate of drug-likeness (QED) is 0.609. The van der Waals surface area contributed by atoms with Crippen LogP contribution >= 0.6 is 11.6 Å². The first-order valence-corrected chi connectivity index (χ1v) is 4.37. The third-order valence-electron chi connectivity index (χ3n) is 1.83. The van der Waals surface area contributed by atoms with E-state index >= 15 is 0 Å².